The number of likely N-dealkylation sites (N-methyl/N-ethyl adjacent to an activating group) is 1. The van der Waals surface area contributed by atoms with Gasteiger partial charge in [0.05, 0.1) is 12.7 Å². The number of morpholine rings is 1. The molecule has 1 fully saturated rings. The minimum Gasteiger partial charge on any atom is -0.374 e. The molecular formula is C13H18BrN3O2. The standard InChI is InChI=1S/C13H18BrN3O2/c1-2-17-5-6-19-11(9-17)8-16-13(18)10-3-4-15-12(14)7-10/h3-4,7,11H,2,5-6,8-9H2,1H3,(H,16,18). The van der Waals surface area contributed by atoms with Crippen LogP contribution < -0.4 is 5.32 Å². The first-order valence-electron chi connectivity index (χ1n) is 6.42. The Balaban J connectivity index is 1.83. The van der Waals surface area contributed by atoms with E-state index in [1.807, 2.05) is 0 Å². The zero-order valence-corrected chi connectivity index (χ0v) is 12.5. The highest BCUT2D eigenvalue weighted by molar-refractivity contribution is 9.10. The lowest BCUT2D eigenvalue weighted by atomic mass is 10.2. The molecule has 0 aliphatic carbocycles. The smallest absolute Gasteiger partial charge is 0.251 e. The number of aromatic nitrogens is 1. The molecule has 1 amide bonds. The van der Waals surface area contributed by atoms with Crippen molar-refractivity contribution in [3.05, 3.63) is 28.5 Å². The normalized spacial score (nSPS) is 20.2. The first-order chi connectivity index (χ1) is 9.19. The highest BCUT2D eigenvalue weighted by atomic mass is 79.9. The second-order valence-electron chi connectivity index (χ2n) is 4.46. The second-order valence-corrected chi connectivity index (χ2v) is 5.28. The average Bonchev–Trinajstić information content (AvgIpc) is 2.45. The fraction of sp³-hybridized carbons (Fsp3) is 0.538. The van der Waals surface area contributed by atoms with Crippen molar-refractivity contribution in [3.8, 4) is 0 Å². The molecule has 1 aliphatic rings. The van der Waals surface area contributed by atoms with Crippen LogP contribution >= 0.6 is 15.9 Å². The highest BCUT2D eigenvalue weighted by Gasteiger charge is 2.19. The maximum absolute atomic E-state index is 12.0. The van der Waals surface area contributed by atoms with Crippen LogP contribution in [0.1, 0.15) is 17.3 Å². The molecule has 5 nitrogen and oxygen atoms in total. The van der Waals surface area contributed by atoms with Gasteiger partial charge in [-0.3, -0.25) is 9.69 Å². The third-order valence-electron chi connectivity index (χ3n) is 3.15. The lowest BCUT2D eigenvalue weighted by Gasteiger charge is -2.32. The van der Waals surface area contributed by atoms with E-state index in [1.165, 1.54) is 0 Å². The number of rotatable bonds is 4. The maximum atomic E-state index is 12.0. The third kappa shape index (κ3) is 4.26. The fourth-order valence-electron chi connectivity index (χ4n) is 2.04. The summed E-state index contributed by atoms with van der Waals surface area (Å²) in [5.41, 5.74) is 0.602. The zero-order valence-electron chi connectivity index (χ0n) is 10.9. The Morgan fingerprint density at radius 1 is 1.68 bits per heavy atom. The number of halogens is 1. The van der Waals surface area contributed by atoms with Crippen molar-refractivity contribution >= 4 is 21.8 Å². The Bertz CT molecular complexity index is 442. The molecule has 1 aromatic rings. The van der Waals surface area contributed by atoms with E-state index >= 15 is 0 Å². The largest absolute Gasteiger partial charge is 0.374 e. The predicted molar refractivity (Wildman–Crippen MR) is 76.1 cm³/mol. The molecule has 0 spiro atoms. The lowest BCUT2D eigenvalue weighted by molar-refractivity contribution is -0.0246. The van der Waals surface area contributed by atoms with Gasteiger partial charge in [-0.05, 0) is 34.6 Å². The number of carbonyl (C=O) groups is 1. The Morgan fingerprint density at radius 3 is 3.26 bits per heavy atom. The third-order valence-corrected chi connectivity index (χ3v) is 3.58. The first kappa shape index (κ1) is 14.4. The molecule has 1 unspecified atom stereocenters. The van der Waals surface area contributed by atoms with Gasteiger partial charge >= 0.3 is 0 Å². The Labute approximate surface area is 121 Å². The average molecular weight is 328 g/mol. The molecule has 1 aromatic heterocycles. The monoisotopic (exact) mass is 327 g/mol. The number of hydrogen-bond acceptors (Lipinski definition) is 4. The molecule has 6 heteroatoms. The SMILES string of the molecule is CCN1CCOC(CNC(=O)c2ccnc(Br)c2)C1. The lowest BCUT2D eigenvalue weighted by Crippen LogP contribution is -2.47. The number of amides is 1. The minimum atomic E-state index is -0.0969. The van der Waals surface area contributed by atoms with Gasteiger partial charge < -0.3 is 10.1 Å². The van der Waals surface area contributed by atoms with Crippen molar-refractivity contribution in [2.75, 3.05) is 32.8 Å². The van der Waals surface area contributed by atoms with E-state index in [1.54, 1.807) is 18.3 Å². The molecule has 0 aromatic carbocycles. The van der Waals surface area contributed by atoms with E-state index in [9.17, 15) is 4.79 Å². The maximum Gasteiger partial charge on any atom is 0.251 e. The van der Waals surface area contributed by atoms with E-state index in [-0.39, 0.29) is 12.0 Å². The molecule has 0 bridgehead atoms. The summed E-state index contributed by atoms with van der Waals surface area (Å²) in [5, 5.41) is 2.90. The second kappa shape index (κ2) is 6.98. The van der Waals surface area contributed by atoms with Gasteiger partial charge in [-0.1, -0.05) is 6.92 Å². The van der Waals surface area contributed by atoms with Crippen LogP contribution in [0.2, 0.25) is 0 Å². The topological polar surface area (TPSA) is 54.5 Å². The number of ether oxygens (including phenoxy) is 1. The zero-order chi connectivity index (χ0) is 13.7. The van der Waals surface area contributed by atoms with Crippen LogP contribution in [0.4, 0.5) is 0 Å². The van der Waals surface area contributed by atoms with Crippen LogP contribution in [-0.2, 0) is 4.74 Å². The summed E-state index contributed by atoms with van der Waals surface area (Å²) in [7, 11) is 0. The van der Waals surface area contributed by atoms with Gasteiger partial charge in [-0.2, -0.15) is 0 Å². The summed E-state index contributed by atoms with van der Waals surface area (Å²) < 4.78 is 6.30. The van der Waals surface area contributed by atoms with Crippen LogP contribution in [-0.4, -0.2) is 54.7 Å². The number of nitrogens with one attached hydrogen (secondary N) is 1. The minimum absolute atomic E-state index is 0.0722. The molecule has 104 valence electrons. The van der Waals surface area contributed by atoms with Gasteiger partial charge in [0.25, 0.3) is 5.91 Å². The molecule has 1 N–H and O–H groups in total. The molecule has 19 heavy (non-hydrogen) atoms. The summed E-state index contributed by atoms with van der Waals surface area (Å²) in [6.07, 6.45) is 1.68. The highest BCUT2D eigenvalue weighted by Crippen LogP contribution is 2.08. The summed E-state index contributed by atoms with van der Waals surface area (Å²) in [6.45, 7) is 6.26. The van der Waals surface area contributed by atoms with Crippen molar-refractivity contribution < 1.29 is 9.53 Å². The fourth-order valence-corrected chi connectivity index (χ4v) is 2.41. The van der Waals surface area contributed by atoms with Crippen LogP contribution in [0.5, 0.6) is 0 Å². The molecule has 2 heterocycles. The quantitative estimate of drug-likeness (QED) is 0.847. The molecule has 1 saturated heterocycles. The van der Waals surface area contributed by atoms with Crippen LogP contribution in [0.25, 0.3) is 0 Å². The Kier molecular flexibility index (Phi) is 5.30. The molecule has 0 radical (unpaired) electrons. The molecule has 0 saturated carbocycles. The van der Waals surface area contributed by atoms with Crippen LogP contribution in [0, 0.1) is 0 Å². The predicted octanol–water partition coefficient (Wildman–Crippen LogP) is 1.29. The Hall–Kier alpha value is -0.980. The summed E-state index contributed by atoms with van der Waals surface area (Å²) >= 11 is 3.25. The van der Waals surface area contributed by atoms with Crippen molar-refractivity contribution in [2.45, 2.75) is 13.0 Å². The van der Waals surface area contributed by atoms with Gasteiger partial charge in [-0.25, -0.2) is 4.98 Å². The molecule has 1 atom stereocenters. The van der Waals surface area contributed by atoms with Gasteiger partial charge in [0.15, 0.2) is 0 Å². The number of nitrogens with zero attached hydrogens (tertiary/aromatic N) is 2. The van der Waals surface area contributed by atoms with Gasteiger partial charge in [0.2, 0.25) is 0 Å². The van der Waals surface area contributed by atoms with Crippen molar-refractivity contribution in [1.82, 2.24) is 15.2 Å². The van der Waals surface area contributed by atoms with E-state index in [0.717, 1.165) is 26.2 Å². The molecule has 1 aliphatic heterocycles. The van der Waals surface area contributed by atoms with Crippen molar-refractivity contribution in [2.24, 2.45) is 0 Å². The van der Waals surface area contributed by atoms with Gasteiger partial charge in [-0.15, -0.1) is 0 Å². The molecular weight excluding hydrogens is 310 g/mol. The van der Waals surface area contributed by atoms with Crippen molar-refractivity contribution in [3.63, 3.8) is 0 Å². The van der Waals surface area contributed by atoms with E-state index in [0.29, 0.717) is 16.7 Å². The summed E-state index contributed by atoms with van der Waals surface area (Å²) in [5.74, 6) is -0.0969. The molecule has 2 rings (SSSR count). The van der Waals surface area contributed by atoms with E-state index in [4.69, 9.17) is 4.74 Å². The van der Waals surface area contributed by atoms with Gasteiger partial charge in [0.1, 0.15) is 4.60 Å². The summed E-state index contributed by atoms with van der Waals surface area (Å²) in [4.78, 5) is 18.3. The van der Waals surface area contributed by atoms with Crippen LogP contribution in [0.15, 0.2) is 22.9 Å². The van der Waals surface area contributed by atoms with Crippen molar-refractivity contribution in [1.29, 1.82) is 0 Å². The number of hydrogen-bond donors (Lipinski definition) is 1. The summed E-state index contributed by atoms with van der Waals surface area (Å²) in [6, 6.07) is 3.40. The number of pyridine rings is 1. The van der Waals surface area contributed by atoms with E-state index in [2.05, 4.69) is 38.1 Å². The number of carbonyl (C=O) groups excluding carboxylic acids is 1. The van der Waals surface area contributed by atoms with E-state index < -0.39 is 0 Å². The Morgan fingerprint density at radius 2 is 2.53 bits per heavy atom. The van der Waals surface area contributed by atoms with Crippen LogP contribution in [0.3, 0.4) is 0 Å². The van der Waals surface area contributed by atoms with Gasteiger partial charge in [0, 0.05) is 31.4 Å². The first-order valence-corrected chi connectivity index (χ1v) is 7.22.